The van der Waals surface area contributed by atoms with E-state index in [1.807, 2.05) is 18.5 Å². The molecule has 0 bridgehead atoms. The monoisotopic (exact) mass is 1790 g/mol. The fourth-order valence-corrected chi connectivity index (χ4v) is 23.2. The van der Waals surface area contributed by atoms with Gasteiger partial charge in [0.05, 0.1) is 79.1 Å². The van der Waals surface area contributed by atoms with Gasteiger partial charge >= 0.3 is 0 Å². The summed E-state index contributed by atoms with van der Waals surface area (Å²) in [7, 11) is 0. The van der Waals surface area contributed by atoms with Crippen molar-refractivity contribution in [2.24, 2.45) is 0 Å². The van der Waals surface area contributed by atoms with Crippen LogP contribution in [0.3, 0.4) is 0 Å². The third-order valence-electron chi connectivity index (χ3n) is 29.3. The van der Waals surface area contributed by atoms with Gasteiger partial charge in [-0.2, -0.15) is 0 Å². The number of nitrogens with zero attached hydrogens (tertiary/aromatic N) is 7. The molecule has 20 aromatic carbocycles. The Kier molecular flexibility index (Phi) is 19.3. The first-order valence-electron chi connectivity index (χ1n) is 48.4. The molecule has 0 N–H and O–H groups in total. The van der Waals surface area contributed by atoms with Crippen molar-refractivity contribution in [3.05, 3.63) is 491 Å². The van der Waals surface area contributed by atoms with Crippen LogP contribution < -0.4 is 52.4 Å². The second-order valence-corrected chi connectivity index (χ2v) is 38.1. The first kappa shape index (κ1) is 81.7. The summed E-state index contributed by atoms with van der Waals surface area (Å²) >= 11 is 0. The van der Waals surface area contributed by atoms with Crippen molar-refractivity contribution in [1.82, 2.24) is 14.5 Å². The fraction of sp³-hybridized carbons (Fsp3) is 0.0308. The highest BCUT2D eigenvalue weighted by Gasteiger charge is 2.41. The molecule has 0 unspecified atom stereocenters. The lowest BCUT2D eigenvalue weighted by Crippen LogP contribution is -2.55. The average Bonchev–Trinajstić information content (AvgIpc) is 0.846. The normalized spacial score (nSPS) is 12.7. The largest absolute Gasteiger partial charge is 0.456 e. The Labute approximate surface area is 813 Å². The molecule has 4 aromatic heterocycles. The highest BCUT2D eigenvalue weighted by Crippen LogP contribution is 2.58. The maximum absolute atomic E-state index is 6.79. The molecule has 0 atom stereocenters. The van der Waals surface area contributed by atoms with E-state index in [2.05, 4.69) is 512 Å². The molecule has 4 aliphatic heterocycles. The number of furan rings is 1. The van der Waals surface area contributed by atoms with Crippen LogP contribution in [0.25, 0.3) is 149 Å². The van der Waals surface area contributed by atoms with Crippen molar-refractivity contribution in [3.8, 4) is 84.0 Å². The zero-order valence-electron chi connectivity index (χ0n) is 77.4. The summed E-state index contributed by atoms with van der Waals surface area (Å²) in [4.78, 5) is 20.1. The Morgan fingerprint density at radius 3 is 1.36 bits per heavy atom. The van der Waals surface area contributed by atoms with Gasteiger partial charge < -0.3 is 28.6 Å². The molecule has 0 fully saturated rings. The van der Waals surface area contributed by atoms with Gasteiger partial charge in [-0.1, -0.05) is 387 Å². The lowest BCUT2D eigenvalue weighted by atomic mass is 9.33. The van der Waals surface area contributed by atoms with Gasteiger partial charge in [-0.3, -0.25) is 9.97 Å². The van der Waals surface area contributed by atoms with Gasteiger partial charge in [-0.15, -0.1) is 0 Å². The number of anilines is 12. The second-order valence-electron chi connectivity index (χ2n) is 38.1. The van der Waals surface area contributed by atoms with Gasteiger partial charge in [0.1, 0.15) is 11.5 Å². The van der Waals surface area contributed by atoms with Gasteiger partial charge in [-0.25, -0.2) is 0 Å². The Balaban J connectivity index is 0.000000144. The number of aromatic nitrogens is 3. The Bertz CT molecular complexity index is 9010. The van der Waals surface area contributed by atoms with Crippen LogP contribution in [-0.2, 0) is 5.41 Å². The van der Waals surface area contributed by atoms with Gasteiger partial charge in [-0.05, 0) is 211 Å². The van der Waals surface area contributed by atoms with E-state index >= 15 is 0 Å². The van der Waals surface area contributed by atoms with Gasteiger partial charge in [0, 0.05) is 79.0 Å². The van der Waals surface area contributed by atoms with Crippen molar-refractivity contribution < 1.29 is 4.42 Å². The van der Waals surface area contributed by atoms with Crippen LogP contribution in [0, 0.1) is 0 Å². The molecule has 28 rings (SSSR count). The quantitative estimate of drug-likeness (QED) is 0.113. The molecule has 140 heavy (non-hydrogen) atoms. The number of hydrogen-bond acceptors (Lipinski definition) is 7. The van der Waals surface area contributed by atoms with E-state index in [1.165, 1.54) is 126 Å². The molecule has 8 nitrogen and oxygen atoms in total. The summed E-state index contributed by atoms with van der Waals surface area (Å²) in [6.45, 7) is 6.70. The maximum atomic E-state index is 6.79. The van der Waals surface area contributed by atoms with E-state index in [-0.39, 0.29) is 18.8 Å². The standard InChI is InChI=1S/C73H52BN3O.C57H37BN4/c1-73(2,3)58-29-13-11-24-52(58)49-38-36-47(37-39-49)51-44-61-72-62(45-51)75-46-57(70-43-42-69(78-70)50-21-5-4-6-22-50)71(72)56-28-12-14-30-59(56)74(61)60-40-41-64(55-27-10-9-26-54(55)60)77-67-33-17-15-31-65(67)76(66-32-16-18-34-68(66)77)63-35-19-23-48-20-7-8-25-53(48)63;1-3-15-39(16-4-1)60-36-34-45-41(21-13-28-51(45)60)38-29-30-43-46-33-35-59-50-23-14-22-48(57(46)50)58(49(43)37-38)47-31-32-52(44-20-8-7-19-42(44)47)62-55-26-11-9-24-53(55)61(40-17-5-2-6-18-40)54-25-10-12-27-56(54)62/h4-46H,1-3H3;1-37H. The van der Waals surface area contributed by atoms with Crippen molar-refractivity contribution in [2.45, 2.75) is 26.2 Å². The molecular formula is C130H89B2N7O. The van der Waals surface area contributed by atoms with Crippen LogP contribution in [0.5, 0.6) is 0 Å². The number of pyridine rings is 2. The molecule has 656 valence electrons. The van der Waals surface area contributed by atoms with Crippen molar-refractivity contribution in [3.63, 3.8) is 0 Å². The maximum Gasteiger partial charge on any atom is 0.243 e. The van der Waals surface area contributed by atoms with E-state index < -0.39 is 0 Å². The number of fused-ring (bicyclic) bond motifs is 12. The van der Waals surface area contributed by atoms with Crippen LogP contribution in [-0.4, -0.2) is 28.0 Å². The lowest BCUT2D eigenvalue weighted by molar-refractivity contribution is 0.592. The second kappa shape index (κ2) is 33.0. The third kappa shape index (κ3) is 13.2. The summed E-state index contributed by atoms with van der Waals surface area (Å²) in [5.74, 6) is 1.62. The highest BCUT2D eigenvalue weighted by atomic mass is 16.3. The topological polar surface area (TPSA) is 56.8 Å². The van der Waals surface area contributed by atoms with E-state index in [4.69, 9.17) is 14.4 Å². The van der Waals surface area contributed by atoms with Crippen LogP contribution in [0.15, 0.2) is 490 Å². The van der Waals surface area contributed by atoms with Crippen molar-refractivity contribution in [1.29, 1.82) is 0 Å². The summed E-state index contributed by atoms with van der Waals surface area (Å²) in [6, 6.07) is 171. The Morgan fingerprint density at radius 1 is 0.243 bits per heavy atom. The third-order valence-corrected chi connectivity index (χ3v) is 29.3. The first-order chi connectivity index (χ1) is 69.2. The molecular weight excluding hydrogens is 1700 g/mol. The molecule has 0 radical (unpaired) electrons. The Morgan fingerprint density at radius 2 is 0.721 bits per heavy atom. The van der Waals surface area contributed by atoms with Crippen LogP contribution in [0.2, 0.25) is 0 Å². The molecule has 0 saturated carbocycles. The highest BCUT2D eigenvalue weighted by molar-refractivity contribution is 7.00. The predicted molar refractivity (Wildman–Crippen MR) is 590 cm³/mol. The summed E-state index contributed by atoms with van der Waals surface area (Å²) in [5.41, 5.74) is 40.9. The van der Waals surface area contributed by atoms with Crippen LogP contribution in [0.1, 0.15) is 26.3 Å². The van der Waals surface area contributed by atoms with E-state index in [1.54, 1.807) is 0 Å². The first-order valence-corrected chi connectivity index (χ1v) is 48.4. The SMILES string of the molecule is CC(C)(C)c1ccccc1-c1ccc(-c2cc3c4c(c(-c5ccc(-c6ccccc6)o5)cnc4c2)-c2ccccc2B3c2ccc(N3c4ccccc4N(c4cccc5ccccc45)c4ccccc43)c3ccccc23)cc1.c1ccc(N2c3ccccc3N(c3ccc(B4c5cc(-c6cccc7c6ccn7-c6ccccc6)ccc5-c5ccnc6cccc4c56)c4ccccc34)c3ccccc32)cc1. The fourth-order valence-electron chi connectivity index (χ4n) is 23.2. The molecule has 24 aromatic rings. The molecule has 0 spiro atoms. The van der Waals surface area contributed by atoms with E-state index in [0.717, 1.165) is 130 Å². The number of para-hydroxylation sites is 10. The van der Waals surface area contributed by atoms with Crippen LogP contribution in [0.4, 0.5) is 68.2 Å². The van der Waals surface area contributed by atoms with E-state index in [9.17, 15) is 0 Å². The zero-order valence-corrected chi connectivity index (χ0v) is 77.4. The molecule has 0 aliphatic carbocycles. The van der Waals surface area contributed by atoms with Crippen LogP contribution >= 0.6 is 0 Å². The molecule has 4 aliphatic rings. The van der Waals surface area contributed by atoms with Crippen molar-refractivity contribution in [2.75, 3.05) is 19.6 Å². The van der Waals surface area contributed by atoms with Gasteiger partial charge in [0.2, 0.25) is 13.4 Å². The summed E-state index contributed by atoms with van der Waals surface area (Å²) in [5, 5.41) is 10.9. The van der Waals surface area contributed by atoms with Gasteiger partial charge in [0.15, 0.2) is 0 Å². The van der Waals surface area contributed by atoms with Gasteiger partial charge in [0.25, 0.3) is 0 Å². The predicted octanol–water partition coefficient (Wildman–Crippen LogP) is 30.6. The summed E-state index contributed by atoms with van der Waals surface area (Å²) in [6.07, 6.45) is 6.19. The smallest absolute Gasteiger partial charge is 0.243 e. The minimum Gasteiger partial charge on any atom is -0.456 e. The summed E-state index contributed by atoms with van der Waals surface area (Å²) < 4.78 is 9.08. The van der Waals surface area contributed by atoms with E-state index in [0.29, 0.717) is 0 Å². The minimum atomic E-state index is -0.135. The lowest BCUT2D eigenvalue weighted by Gasteiger charge is -2.41. The molecule has 0 amide bonds. The molecule has 0 saturated heterocycles. The Hall–Kier alpha value is -17.9. The molecule has 8 heterocycles. The number of rotatable bonds is 12. The average molecular weight is 1790 g/mol. The number of benzene rings is 20. The number of hydrogen-bond donors (Lipinski definition) is 0. The minimum absolute atomic E-state index is 0.00694. The van der Waals surface area contributed by atoms with Crippen molar-refractivity contribution >= 4 is 179 Å². The molecule has 10 heteroatoms. The zero-order chi connectivity index (χ0) is 92.8.